The SMILES string of the molecule is C1=NCC[NH2+]1.CCCCCCCCCCCCCCCCc1cc[n+](CN2CCCC2=O)cc1.[Cl-].[Cl-]. The van der Waals surface area contributed by atoms with Crippen LogP contribution in [0.15, 0.2) is 29.5 Å². The van der Waals surface area contributed by atoms with E-state index in [0.717, 1.165) is 32.5 Å². The second kappa shape index (κ2) is 24.2. The Hall–Kier alpha value is -1.17. The molecule has 0 unspecified atom stereocenters. The standard InChI is InChI=1S/C26H45N2O.C3H6N2.2ClH/c1-2-3-4-5-6-7-8-9-10-11-12-13-14-15-17-25-19-22-27(23-20-25)24-28-21-16-18-26(28)29;1-2-5-3-4-1;;/h19-20,22-23H,2-18,21,24H2,1H3;3H,1-2H2,(H,4,5);2*1H/q+1;;;/p-1. The van der Waals surface area contributed by atoms with E-state index in [9.17, 15) is 4.79 Å². The highest BCUT2D eigenvalue weighted by molar-refractivity contribution is 5.77. The van der Waals surface area contributed by atoms with E-state index in [0.29, 0.717) is 12.6 Å². The van der Waals surface area contributed by atoms with E-state index >= 15 is 0 Å². The lowest BCUT2D eigenvalue weighted by molar-refractivity contribution is -0.712. The van der Waals surface area contributed by atoms with Gasteiger partial charge in [-0.05, 0) is 24.8 Å². The fourth-order valence-electron chi connectivity index (χ4n) is 4.70. The number of hydrogen-bond acceptors (Lipinski definition) is 2. The van der Waals surface area contributed by atoms with Crippen molar-refractivity contribution >= 4 is 12.2 Å². The van der Waals surface area contributed by atoms with Crippen molar-refractivity contribution in [2.45, 2.75) is 123 Å². The average Bonchev–Trinajstić information content (AvgIpc) is 3.56. The second-order valence-electron chi connectivity index (χ2n) is 10.0. The van der Waals surface area contributed by atoms with Gasteiger partial charge < -0.3 is 30.1 Å². The van der Waals surface area contributed by atoms with E-state index in [-0.39, 0.29) is 24.8 Å². The molecular weight excluding hydrogens is 491 g/mol. The minimum Gasteiger partial charge on any atom is -1.00 e. The highest BCUT2D eigenvalue weighted by Crippen LogP contribution is 2.14. The molecule has 0 radical (unpaired) electrons. The molecule has 0 aliphatic carbocycles. The number of aliphatic imine (C=N–C) groups is 1. The van der Waals surface area contributed by atoms with Crippen LogP contribution in [-0.4, -0.2) is 36.8 Å². The molecule has 7 heteroatoms. The summed E-state index contributed by atoms with van der Waals surface area (Å²) < 4.78 is 2.12. The van der Waals surface area contributed by atoms with Gasteiger partial charge in [-0.25, -0.2) is 4.99 Å². The number of carbonyl (C=O) groups excluding carboxylic acids is 1. The van der Waals surface area contributed by atoms with Gasteiger partial charge in [-0.3, -0.25) is 9.69 Å². The molecule has 0 bridgehead atoms. The molecule has 3 heterocycles. The van der Waals surface area contributed by atoms with Gasteiger partial charge in [-0.2, -0.15) is 4.57 Å². The zero-order chi connectivity index (χ0) is 24.1. The number of carbonyl (C=O) groups is 1. The zero-order valence-electron chi connectivity index (χ0n) is 22.8. The number of nitrogens with two attached hydrogens (primary N) is 1. The molecule has 1 aromatic heterocycles. The van der Waals surface area contributed by atoms with Crippen LogP contribution in [0.3, 0.4) is 0 Å². The largest absolute Gasteiger partial charge is 1.00 e. The van der Waals surface area contributed by atoms with Crippen molar-refractivity contribution in [2.24, 2.45) is 4.99 Å². The van der Waals surface area contributed by atoms with E-state index in [4.69, 9.17) is 0 Å². The van der Waals surface area contributed by atoms with Crippen LogP contribution < -0.4 is 34.7 Å². The fourth-order valence-corrected chi connectivity index (χ4v) is 4.70. The Morgan fingerprint density at radius 1 is 0.861 bits per heavy atom. The van der Waals surface area contributed by atoms with Crippen LogP contribution in [0.4, 0.5) is 0 Å². The Kier molecular flexibility index (Phi) is 23.4. The third kappa shape index (κ3) is 17.3. The van der Waals surface area contributed by atoms with E-state index < -0.39 is 0 Å². The maximum Gasteiger partial charge on any atom is 0.227 e. The smallest absolute Gasteiger partial charge is 0.227 e. The van der Waals surface area contributed by atoms with Crippen molar-refractivity contribution in [3.8, 4) is 0 Å². The summed E-state index contributed by atoms with van der Waals surface area (Å²) in [5.41, 5.74) is 1.42. The van der Waals surface area contributed by atoms with Crippen LogP contribution in [0.25, 0.3) is 0 Å². The lowest BCUT2D eigenvalue weighted by Crippen LogP contribution is -3.00. The molecule has 208 valence electrons. The Morgan fingerprint density at radius 2 is 1.42 bits per heavy atom. The molecule has 1 amide bonds. The number of halogens is 2. The summed E-state index contributed by atoms with van der Waals surface area (Å²) in [6, 6.07) is 4.45. The number of unbranched alkanes of at least 4 members (excludes halogenated alkanes) is 13. The van der Waals surface area contributed by atoms with Crippen LogP contribution >= 0.6 is 0 Å². The number of aromatic nitrogens is 1. The highest BCUT2D eigenvalue weighted by Gasteiger charge is 2.22. The lowest BCUT2D eigenvalue weighted by atomic mass is 10.0. The normalized spacial score (nSPS) is 14.2. The molecule has 1 aromatic rings. The number of likely N-dealkylation sites (tertiary alicyclic amines) is 1. The molecule has 2 aliphatic heterocycles. The summed E-state index contributed by atoms with van der Waals surface area (Å²) in [6.07, 6.45) is 28.8. The van der Waals surface area contributed by atoms with E-state index in [1.807, 2.05) is 11.2 Å². The van der Waals surface area contributed by atoms with Crippen molar-refractivity contribution in [2.75, 3.05) is 19.6 Å². The van der Waals surface area contributed by atoms with Crippen LogP contribution in [0.5, 0.6) is 0 Å². The number of amides is 1. The Morgan fingerprint density at radius 3 is 1.83 bits per heavy atom. The van der Waals surface area contributed by atoms with Gasteiger partial charge in [-0.15, -0.1) is 0 Å². The summed E-state index contributed by atoms with van der Waals surface area (Å²) in [7, 11) is 0. The highest BCUT2D eigenvalue weighted by atomic mass is 35.5. The number of hydrogen-bond donors (Lipinski definition) is 1. The van der Waals surface area contributed by atoms with Crippen LogP contribution in [0, 0.1) is 0 Å². The quantitative estimate of drug-likeness (QED) is 0.203. The van der Waals surface area contributed by atoms with Gasteiger partial charge in [-0.1, -0.05) is 90.4 Å². The van der Waals surface area contributed by atoms with Crippen LogP contribution in [-0.2, 0) is 17.9 Å². The summed E-state index contributed by atoms with van der Waals surface area (Å²) in [6.45, 7) is 6.07. The lowest BCUT2D eigenvalue weighted by Gasteiger charge is -2.11. The molecule has 1 fully saturated rings. The van der Waals surface area contributed by atoms with Gasteiger partial charge >= 0.3 is 0 Å². The average molecular weight is 544 g/mol. The van der Waals surface area contributed by atoms with Crippen molar-refractivity contribution in [1.29, 1.82) is 0 Å². The molecule has 0 aromatic carbocycles. The van der Waals surface area contributed by atoms with Gasteiger partial charge in [0.25, 0.3) is 0 Å². The molecule has 0 spiro atoms. The molecule has 2 aliphatic rings. The number of nitrogens with zero attached hydrogens (tertiary/aromatic N) is 3. The van der Waals surface area contributed by atoms with Crippen LogP contribution in [0.2, 0.25) is 0 Å². The number of rotatable bonds is 17. The zero-order valence-corrected chi connectivity index (χ0v) is 24.3. The second-order valence-corrected chi connectivity index (χ2v) is 10.0. The minimum atomic E-state index is 0. The summed E-state index contributed by atoms with van der Waals surface area (Å²) in [5, 5.41) is 2.07. The Balaban J connectivity index is 0.00000156. The van der Waals surface area contributed by atoms with Crippen LogP contribution in [0.1, 0.15) is 115 Å². The van der Waals surface area contributed by atoms with Crippen molar-refractivity contribution in [1.82, 2.24) is 4.90 Å². The van der Waals surface area contributed by atoms with E-state index in [1.165, 1.54) is 102 Å². The molecule has 0 atom stereocenters. The van der Waals surface area contributed by atoms with Gasteiger partial charge in [0.1, 0.15) is 6.54 Å². The predicted octanol–water partition coefficient (Wildman–Crippen LogP) is -0.822. The first-order valence-electron chi connectivity index (χ1n) is 14.4. The van der Waals surface area contributed by atoms with Gasteiger partial charge in [0, 0.05) is 25.1 Å². The molecule has 5 nitrogen and oxygen atoms in total. The minimum absolute atomic E-state index is 0. The first-order chi connectivity index (χ1) is 16.8. The fraction of sp³-hybridized carbons (Fsp3) is 0.759. The molecule has 0 saturated carbocycles. The first-order valence-corrected chi connectivity index (χ1v) is 14.4. The monoisotopic (exact) mass is 542 g/mol. The molecular formula is C29H52Cl2N4O. The maximum atomic E-state index is 11.7. The van der Waals surface area contributed by atoms with Crippen molar-refractivity contribution in [3.63, 3.8) is 0 Å². The summed E-state index contributed by atoms with van der Waals surface area (Å²) >= 11 is 0. The predicted molar refractivity (Wildman–Crippen MR) is 142 cm³/mol. The maximum absolute atomic E-state index is 11.7. The third-order valence-electron chi connectivity index (χ3n) is 6.92. The van der Waals surface area contributed by atoms with Crippen molar-refractivity contribution in [3.05, 3.63) is 30.1 Å². The van der Waals surface area contributed by atoms with Gasteiger partial charge in [0.15, 0.2) is 18.7 Å². The number of aryl methyl sites for hydroxylation is 1. The topological polar surface area (TPSA) is 53.2 Å². The Bertz CT molecular complexity index is 664. The molecule has 1 saturated heterocycles. The first kappa shape index (κ1) is 34.8. The molecule has 3 rings (SSSR count). The summed E-state index contributed by atoms with van der Waals surface area (Å²) in [5.74, 6) is 0.295. The van der Waals surface area contributed by atoms with Crippen molar-refractivity contribution < 1.29 is 39.5 Å². The van der Waals surface area contributed by atoms with E-state index in [1.54, 1.807) is 0 Å². The third-order valence-corrected chi connectivity index (χ3v) is 6.92. The van der Waals surface area contributed by atoms with Gasteiger partial charge in [0.2, 0.25) is 12.6 Å². The molecule has 2 N–H and O–H groups in total. The number of pyridine rings is 1. The Labute approximate surface area is 233 Å². The summed E-state index contributed by atoms with van der Waals surface area (Å²) in [4.78, 5) is 17.6. The molecule has 36 heavy (non-hydrogen) atoms. The van der Waals surface area contributed by atoms with E-state index in [2.05, 4.69) is 46.3 Å². The number of quaternary nitrogens is 1. The van der Waals surface area contributed by atoms with Gasteiger partial charge in [0.05, 0.1) is 6.54 Å².